The zero-order chi connectivity index (χ0) is 14.5. The number of hydrogen-bond acceptors (Lipinski definition) is 2. The Bertz CT molecular complexity index is 568. The highest BCUT2D eigenvalue weighted by molar-refractivity contribution is 6.30. The molecule has 0 fully saturated rings. The van der Waals surface area contributed by atoms with Crippen LogP contribution in [0.1, 0.15) is 37.4 Å². The maximum absolute atomic E-state index is 13.1. The first kappa shape index (κ1) is 15.0. The van der Waals surface area contributed by atoms with Crippen LogP contribution in [0.5, 0.6) is 0 Å². The fourth-order valence-electron chi connectivity index (χ4n) is 2.22. The first-order chi connectivity index (χ1) is 9.63. The van der Waals surface area contributed by atoms with Crippen LogP contribution in [0.2, 0.25) is 5.02 Å². The predicted octanol–water partition coefficient (Wildman–Crippen LogP) is 3.78. The van der Waals surface area contributed by atoms with Crippen molar-refractivity contribution < 1.29 is 4.39 Å². The van der Waals surface area contributed by atoms with Crippen molar-refractivity contribution in [1.82, 2.24) is 15.1 Å². The summed E-state index contributed by atoms with van der Waals surface area (Å²) < 4.78 is 15.0. The molecule has 1 N–H and O–H groups in total. The molecule has 1 aromatic carbocycles. The standard InChI is InChI=1S/C15H19ClFN3/c1-3-15(18-4-2)12-8-19-20(10-12)9-11-5-6-14(17)13(16)7-11/h5-8,10,15,18H,3-4,9H2,1-2H3. The number of benzene rings is 1. The van der Waals surface area contributed by atoms with Gasteiger partial charge in [-0.25, -0.2) is 4.39 Å². The molecule has 0 bridgehead atoms. The van der Waals surface area contributed by atoms with Crippen molar-refractivity contribution in [2.24, 2.45) is 0 Å². The van der Waals surface area contributed by atoms with Crippen LogP contribution in [0.3, 0.4) is 0 Å². The van der Waals surface area contributed by atoms with Crippen molar-refractivity contribution in [1.29, 1.82) is 0 Å². The molecule has 1 heterocycles. The second-order valence-electron chi connectivity index (χ2n) is 4.74. The third-order valence-electron chi connectivity index (χ3n) is 3.24. The van der Waals surface area contributed by atoms with Gasteiger partial charge in [-0.15, -0.1) is 0 Å². The molecule has 1 atom stereocenters. The summed E-state index contributed by atoms with van der Waals surface area (Å²) in [6.07, 6.45) is 4.91. The van der Waals surface area contributed by atoms with Crippen molar-refractivity contribution in [2.45, 2.75) is 32.9 Å². The molecule has 1 aromatic heterocycles. The van der Waals surface area contributed by atoms with E-state index < -0.39 is 5.82 Å². The Morgan fingerprint density at radius 1 is 1.40 bits per heavy atom. The minimum Gasteiger partial charge on any atom is -0.310 e. The van der Waals surface area contributed by atoms with Crippen LogP contribution >= 0.6 is 11.6 Å². The van der Waals surface area contributed by atoms with Gasteiger partial charge in [0.05, 0.1) is 17.8 Å². The van der Waals surface area contributed by atoms with Crippen molar-refractivity contribution in [2.75, 3.05) is 6.54 Å². The third kappa shape index (κ3) is 3.58. The lowest BCUT2D eigenvalue weighted by atomic mass is 10.1. The van der Waals surface area contributed by atoms with Gasteiger partial charge in [-0.2, -0.15) is 5.10 Å². The zero-order valence-electron chi connectivity index (χ0n) is 11.7. The molecular weight excluding hydrogens is 277 g/mol. The van der Waals surface area contributed by atoms with Gasteiger partial charge < -0.3 is 5.32 Å². The van der Waals surface area contributed by atoms with Gasteiger partial charge >= 0.3 is 0 Å². The van der Waals surface area contributed by atoms with Crippen LogP contribution in [-0.2, 0) is 6.54 Å². The van der Waals surface area contributed by atoms with Gasteiger partial charge in [-0.05, 0) is 30.7 Å². The minimum atomic E-state index is -0.394. The topological polar surface area (TPSA) is 29.9 Å². The highest BCUT2D eigenvalue weighted by Gasteiger charge is 2.10. The Labute approximate surface area is 123 Å². The quantitative estimate of drug-likeness (QED) is 0.879. The predicted molar refractivity (Wildman–Crippen MR) is 79.4 cm³/mol. The van der Waals surface area contributed by atoms with E-state index in [9.17, 15) is 4.39 Å². The monoisotopic (exact) mass is 295 g/mol. The Morgan fingerprint density at radius 3 is 2.85 bits per heavy atom. The van der Waals surface area contributed by atoms with Gasteiger partial charge in [0.25, 0.3) is 0 Å². The second kappa shape index (κ2) is 6.86. The molecule has 108 valence electrons. The van der Waals surface area contributed by atoms with E-state index >= 15 is 0 Å². The molecule has 1 unspecified atom stereocenters. The van der Waals surface area contributed by atoms with Crippen molar-refractivity contribution in [3.05, 3.63) is 52.6 Å². The maximum atomic E-state index is 13.1. The molecule has 5 heteroatoms. The van der Waals surface area contributed by atoms with Crippen LogP contribution < -0.4 is 5.32 Å². The molecule has 0 saturated heterocycles. The maximum Gasteiger partial charge on any atom is 0.141 e. The SMILES string of the molecule is CCNC(CC)c1cnn(Cc2ccc(F)c(Cl)c2)c1. The summed E-state index contributed by atoms with van der Waals surface area (Å²) in [5, 5.41) is 7.92. The average molecular weight is 296 g/mol. The fourth-order valence-corrected chi connectivity index (χ4v) is 2.42. The molecule has 0 spiro atoms. The normalized spacial score (nSPS) is 12.6. The molecular formula is C15H19ClFN3. The fraction of sp³-hybridized carbons (Fsp3) is 0.400. The van der Waals surface area contributed by atoms with Gasteiger partial charge in [-0.3, -0.25) is 4.68 Å². The Morgan fingerprint density at radius 2 is 2.20 bits per heavy atom. The van der Waals surface area contributed by atoms with Gasteiger partial charge in [0.1, 0.15) is 5.82 Å². The zero-order valence-corrected chi connectivity index (χ0v) is 12.5. The van der Waals surface area contributed by atoms with E-state index in [2.05, 4.69) is 24.3 Å². The summed E-state index contributed by atoms with van der Waals surface area (Å²) in [6.45, 7) is 5.75. The van der Waals surface area contributed by atoms with E-state index in [0.29, 0.717) is 12.6 Å². The van der Waals surface area contributed by atoms with Gasteiger partial charge in [-0.1, -0.05) is 31.5 Å². The highest BCUT2D eigenvalue weighted by Crippen LogP contribution is 2.18. The van der Waals surface area contributed by atoms with Crippen molar-refractivity contribution >= 4 is 11.6 Å². The summed E-state index contributed by atoms with van der Waals surface area (Å²) in [6, 6.07) is 5.07. The largest absolute Gasteiger partial charge is 0.310 e. The number of nitrogens with one attached hydrogen (secondary N) is 1. The van der Waals surface area contributed by atoms with Crippen molar-refractivity contribution in [3.63, 3.8) is 0 Å². The number of halogens is 2. The van der Waals surface area contributed by atoms with Crippen LogP contribution in [0.25, 0.3) is 0 Å². The molecule has 0 aliphatic rings. The summed E-state index contributed by atoms with van der Waals surface area (Å²) in [7, 11) is 0. The van der Waals surface area contributed by atoms with E-state index in [0.717, 1.165) is 18.5 Å². The highest BCUT2D eigenvalue weighted by atomic mass is 35.5. The smallest absolute Gasteiger partial charge is 0.141 e. The molecule has 2 rings (SSSR count). The first-order valence-corrected chi connectivity index (χ1v) is 7.21. The van der Waals surface area contributed by atoms with E-state index in [-0.39, 0.29) is 5.02 Å². The van der Waals surface area contributed by atoms with Gasteiger partial charge in [0.15, 0.2) is 0 Å². The molecule has 0 amide bonds. The number of hydrogen-bond donors (Lipinski definition) is 1. The van der Waals surface area contributed by atoms with Crippen LogP contribution in [0, 0.1) is 5.82 Å². The van der Waals surface area contributed by atoms with Gasteiger partial charge in [0, 0.05) is 17.8 Å². The Balaban J connectivity index is 2.10. The van der Waals surface area contributed by atoms with Crippen LogP contribution in [0.4, 0.5) is 4.39 Å². The van der Waals surface area contributed by atoms with E-state index in [1.165, 1.54) is 11.6 Å². The second-order valence-corrected chi connectivity index (χ2v) is 5.15. The lowest BCUT2D eigenvalue weighted by molar-refractivity contribution is 0.536. The lowest BCUT2D eigenvalue weighted by Gasteiger charge is -2.13. The van der Waals surface area contributed by atoms with E-state index in [4.69, 9.17) is 11.6 Å². The third-order valence-corrected chi connectivity index (χ3v) is 3.53. The summed E-state index contributed by atoms with van der Waals surface area (Å²) in [5.74, 6) is -0.394. The summed E-state index contributed by atoms with van der Waals surface area (Å²) >= 11 is 5.78. The molecule has 20 heavy (non-hydrogen) atoms. The molecule has 0 aliphatic heterocycles. The van der Waals surface area contributed by atoms with Crippen LogP contribution in [0.15, 0.2) is 30.6 Å². The van der Waals surface area contributed by atoms with Crippen molar-refractivity contribution in [3.8, 4) is 0 Å². The number of nitrogens with zero attached hydrogens (tertiary/aromatic N) is 2. The first-order valence-electron chi connectivity index (χ1n) is 6.83. The van der Waals surface area contributed by atoms with E-state index in [1.807, 2.05) is 17.1 Å². The molecule has 0 radical (unpaired) electrons. The Hall–Kier alpha value is -1.39. The molecule has 0 aliphatic carbocycles. The number of rotatable bonds is 6. The van der Waals surface area contributed by atoms with E-state index in [1.54, 1.807) is 12.1 Å². The van der Waals surface area contributed by atoms with Gasteiger partial charge in [0.2, 0.25) is 0 Å². The summed E-state index contributed by atoms with van der Waals surface area (Å²) in [4.78, 5) is 0. The molecule has 3 nitrogen and oxygen atoms in total. The summed E-state index contributed by atoms with van der Waals surface area (Å²) in [5.41, 5.74) is 2.10. The lowest BCUT2D eigenvalue weighted by Crippen LogP contribution is -2.19. The minimum absolute atomic E-state index is 0.147. The Kier molecular flexibility index (Phi) is 5.15. The van der Waals surface area contributed by atoms with Crippen LogP contribution in [-0.4, -0.2) is 16.3 Å². The number of aromatic nitrogens is 2. The molecule has 2 aromatic rings. The molecule has 0 saturated carbocycles. The average Bonchev–Trinajstić information content (AvgIpc) is 2.88.